The SMILES string of the molecule is CC(Sc1nnc(-c2ccccc2F)n1C)C(=O)Nc1cccc([N+](=O)[O-])c1. The number of carbonyl (C=O) groups excluding carboxylic acids is 1. The van der Waals surface area contributed by atoms with Gasteiger partial charge in [-0.05, 0) is 25.1 Å². The highest BCUT2D eigenvalue weighted by Gasteiger charge is 2.21. The number of nitro groups is 1. The van der Waals surface area contributed by atoms with Crippen LogP contribution in [0.2, 0.25) is 0 Å². The third-order valence-electron chi connectivity index (χ3n) is 3.93. The summed E-state index contributed by atoms with van der Waals surface area (Å²) < 4.78 is 15.6. The number of hydrogen-bond donors (Lipinski definition) is 1. The monoisotopic (exact) mass is 401 g/mol. The van der Waals surface area contributed by atoms with E-state index in [2.05, 4.69) is 15.5 Å². The Morgan fingerprint density at radius 1 is 1.25 bits per heavy atom. The van der Waals surface area contributed by atoms with Gasteiger partial charge in [-0.2, -0.15) is 0 Å². The molecule has 8 nitrogen and oxygen atoms in total. The molecule has 0 bridgehead atoms. The highest BCUT2D eigenvalue weighted by molar-refractivity contribution is 8.00. The molecule has 0 aliphatic carbocycles. The van der Waals surface area contributed by atoms with Crippen molar-refractivity contribution in [3.8, 4) is 11.4 Å². The lowest BCUT2D eigenvalue weighted by Gasteiger charge is -2.11. The predicted molar refractivity (Wildman–Crippen MR) is 103 cm³/mol. The van der Waals surface area contributed by atoms with Crippen LogP contribution in [-0.4, -0.2) is 30.8 Å². The first-order valence-electron chi connectivity index (χ1n) is 8.23. The summed E-state index contributed by atoms with van der Waals surface area (Å²) in [5.41, 5.74) is 0.538. The number of nitrogens with zero attached hydrogens (tertiary/aromatic N) is 4. The molecule has 0 fully saturated rings. The zero-order valence-corrected chi connectivity index (χ0v) is 15.8. The van der Waals surface area contributed by atoms with Crippen molar-refractivity contribution in [1.29, 1.82) is 0 Å². The second-order valence-electron chi connectivity index (χ2n) is 5.90. The van der Waals surface area contributed by atoms with Gasteiger partial charge in [-0.15, -0.1) is 10.2 Å². The van der Waals surface area contributed by atoms with E-state index in [-0.39, 0.29) is 11.6 Å². The van der Waals surface area contributed by atoms with Crippen LogP contribution < -0.4 is 5.32 Å². The van der Waals surface area contributed by atoms with Gasteiger partial charge in [-0.3, -0.25) is 14.9 Å². The van der Waals surface area contributed by atoms with Crippen LogP contribution >= 0.6 is 11.8 Å². The second kappa shape index (κ2) is 8.17. The summed E-state index contributed by atoms with van der Waals surface area (Å²) in [6.07, 6.45) is 0. The van der Waals surface area contributed by atoms with Crippen LogP contribution in [0.4, 0.5) is 15.8 Å². The molecule has 3 rings (SSSR count). The number of rotatable bonds is 6. The Morgan fingerprint density at radius 2 is 2.00 bits per heavy atom. The minimum absolute atomic E-state index is 0.110. The van der Waals surface area contributed by atoms with Gasteiger partial charge in [0.15, 0.2) is 11.0 Å². The summed E-state index contributed by atoms with van der Waals surface area (Å²) in [5.74, 6) is -0.404. The fraction of sp³-hybridized carbons (Fsp3) is 0.167. The van der Waals surface area contributed by atoms with Gasteiger partial charge in [0, 0.05) is 24.9 Å². The van der Waals surface area contributed by atoms with Gasteiger partial charge in [-0.25, -0.2) is 4.39 Å². The van der Waals surface area contributed by atoms with E-state index in [1.807, 2.05) is 0 Å². The van der Waals surface area contributed by atoms with Crippen LogP contribution in [0.15, 0.2) is 53.7 Å². The predicted octanol–water partition coefficient (Wildman–Crippen LogP) is 3.65. The summed E-state index contributed by atoms with van der Waals surface area (Å²) >= 11 is 1.15. The molecule has 144 valence electrons. The zero-order valence-electron chi connectivity index (χ0n) is 15.0. The van der Waals surface area contributed by atoms with Crippen LogP contribution in [0, 0.1) is 15.9 Å². The molecule has 1 aromatic heterocycles. The van der Waals surface area contributed by atoms with Crippen LogP contribution in [0.25, 0.3) is 11.4 Å². The molecule has 10 heteroatoms. The maximum absolute atomic E-state index is 14.0. The van der Waals surface area contributed by atoms with Crippen LogP contribution in [0.3, 0.4) is 0 Å². The van der Waals surface area contributed by atoms with E-state index < -0.39 is 16.0 Å². The Labute approximate surface area is 163 Å². The van der Waals surface area contributed by atoms with E-state index in [0.717, 1.165) is 11.8 Å². The lowest BCUT2D eigenvalue weighted by molar-refractivity contribution is -0.384. The Morgan fingerprint density at radius 3 is 2.71 bits per heavy atom. The smallest absolute Gasteiger partial charge is 0.271 e. The van der Waals surface area contributed by atoms with Crippen molar-refractivity contribution in [1.82, 2.24) is 14.8 Å². The molecular weight excluding hydrogens is 385 g/mol. The van der Waals surface area contributed by atoms with Crippen molar-refractivity contribution in [3.63, 3.8) is 0 Å². The first kappa shape index (κ1) is 19.5. The van der Waals surface area contributed by atoms with Crippen molar-refractivity contribution in [2.45, 2.75) is 17.3 Å². The van der Waals surface area contributed by atoms with E-state index in [4.69, 9.17) is 0 Å². The number of halogens is 1. The van der Waals surface area contributed by atoms with E-state index in [9.17, 15) is 19.3 Å². The lowest BCUT2D eigenvalue weighted by atomic mass is 10.2. The first-order chi connectivity index (χ1) is 13.4. The van der Waals surface area contributed by atoms with Gasteiger partial charge in [-0.1, -0.05) is 30.0 Å². The van der Waals surface area contributed by atoms with E-state index in [0.29, 0.717) is 22.2 Å². The minimum atomic E-state index is -0.560. The molecule has 0 aliphatic rings. The van der Waals surface area contributed by atoms with Gasteiger partial charge < -0.3 is 9.88 Å². The number of anilines is 1. The topological polar surface area (TPSA) is 103 Å². The average molecular weight is 401 g/mol. The zero-order chi connectivity index (χ0) is 20.3. The summed E-state index contributed by atoms with van der Waals surface area (Å²) in [5, 5.41) is 21.4. The third kappa shape index (κ3) is 4.17. The van der Waals surface area contributed by atoms with Crippen LogP contribution in [0.1, 0.15) is 6.92 Å². The van der Waals surface area contributed by atoms with E-state index in [1.165, 1.54) is 24.3 Å². The molecule has 1 atom stereocenters. The summed E-state index contributed by atoms with van der Waals surface area (Å²) in [7, 11) is 1.69. The molecule has 0 spiro atoms. The fourth-order valence-electron chi connectivity index (χ4n) is 2.45. The molecule has 2 aromatic carbocycles. The van der Waals surface area contributed by atoms with Crippen molar-refractivity contribution >= 4 is 29.0 Å². The maximum atomic E-state index is 14.0. The van der Waals surface area contributed by atoms with E-state index >= 15 is 0 Å². The molecule has 1 heterocycles. The molecule has 1 unspecified atom stereocenters. The minimum Gasteiger partial charge on any atom is -0.325 e. The first-order valence-corrected chi connectivity index (χ1v) is 9.11. The molecule has 3 aromatic rings. The number of amides is 1. The Kier molecular flexibility index (Phi) is 5.69. The Bertz CT molecular complexity index is 1040. The van der Waals surface area contributed by atoms with Crippen molar-refractivity contribution in [2.75, 3.05) is 5.32 Å². The van der Waals surface area contributed by atoms with Crippen molar-refractivity contribution in [3.05, 3.63) is 64.5 Å². The quantitative estimate of drug-likeness (QED) is 0.384. The Balaban J connectivity index is 1.72. The number of thioether (sulfide) groups is 1. The number of hydrogen-bond acceptors (Lipinski definition) is 6. The van der Waals surface area contributed by atoms with Gasteiger partial charge >= 0.3 is 0 Å². The number of non-ortho nitro benzene ring substituents is 1. The highest BCUT2D eigenvalue weighted by atomic mass is 32.2. The normalized spacial score (nSPS) is 11.8. The number of aromatic nitrogens is 3. The number of nitro benzene ring substituents is 1. The standard InChI is InChI=1S/C18H16FN5O3S/c1-11(17(25)20-12-6-5-7-13(10-12)24(26)27)28-18-22-21-16(23(18)2)14-8-3-4-9-15(14)19/h3-11H,1-2H3,(H,20,25). The maximum Gasteiger partial charge on any atom is 0.271 e. The van der Waals surface area contributed by atoms with Crippen LogP contribution in [0.5, 0.6) is 0 Å². The average Bonchev–Trinajstić information content (AvgIpc) is 3.02. The molecular formula is C18H16FN5O3S. The largest absolute Gasteiger partial charge is 0.325 e. The highest BCUT2D eigenvalue weighted by Crippen LogP contribution is 2.27. The molecule has 28 heavy (non-hydrogen) atoms. The van der Waals surface area contributed by atoms with Crippen LogP contribution in [-0.2, 0) is 11.8 Å². The summed E-state index contributed by atoms with van der Waals surface area (Å²) in [4.78, 5) is 22.7. The van der Waals surface area contributed by atoms with Crippen molar-refractivity contribution in [2.24, 2.45) is 7.05 Å². The number of nitrogens with one attached hydrogen (secondary N) is 1. The summed E-state index contributed by atoms with van der Waals surface area (Å²) in [6, 6.07) is 11.9. The fourth-order valence-corrected chi connectivity index (χ4v) is 3.26. The van der Waals surface area contributed by atoms with Gasteiger partial charge in [0.25, 0.3) is 5.69 Å². The van der Waals surface area contributed by atoms with Gasteiger partial charge in [0.2, 0.25) is 5.91 Å². The molecule has 0 saturated carbocycles. The second-order valence-corrected chi connectivity index (χ2v) is 7.21. The number of carbonyl (C=O) groups is 1. The number of benzene rings is 2. The summed E-state index contributed by atoms with van der Waals surface area (Å²) in [6.45, 7) is 1.68. The Hall–Kier alpha value is -3.27. The van der Waals surface area contributed by atoms with Gasteiger partial charge in [0.05, 0.1) is 15.7 Å². The van der Waals surface area contributed by atoms with Gasteiger partial charge in [0.1, 0.15) is 5.82 Å². The third-order valence-corrected chi connectivity index (χ3v) is 5.06. The lowest BCUT2D eigenvalue weighted by Crippen LogP contribution is -2.22. The molecule has 0 saturated heterocycles. The molecule has 0 aliphatic heterocycles. The molecule has 1 amide bonds. The van der Waals surface area contributed by atoms with Crippen molar-refractivity contribution < 1.29 is 14.1 Å². The molecule has 0 radical (unpaired) electrons. The molecule has 1 N–H and O–H groups in total. The van der Waals surface area contributed by atoms with E-state index in [1.54, 1.807) is 42.8 Å².